The average Bonchev–Trinajstić information content (AvgIpc) is 2.38. The van der Waals surface area contributed by atoms with Crippen LogP contribution in [-0.2, 0) is 0 Å². The number of benzene rings is 1. The molecule has 1 N–H and O–H groups in total. The van der Waals surface area contributed by atoms with E-state index in [1.807, 2.05) is 26.0 Å². The van der Waals surface area contributed by atoms with E-state index in [1.54, 1.807) is 24.1 Å². The van der Waals surface area contributed by atoms with Crippen LogP contribution in [0.5, 0.6) is 0 Å². The van der Waals surface area contributed by atoms with Crippen molar-refractivity contribution in [2.45, 2.75) is 26.3 Å². The van der Waals surface area contributed by atoms with Crippen LogP contribution in [0.3, 0.4) is 0 Å². The molecule has 3 nitrogen and oxygen atoms in total. The first-order valence-electron chi connectivity index (χ1n) is 6.03. The molecule has 1 aromatic carbocycles. The highest BCUT2D eigenvalue weighted by molar-refractivity contribution is 5.94. The highest BCUT2D eigenvalue weighted by atomic mass is 16.2. The lowest BCUT2D eigenvalue weighted by atomic mass is 10.1. The molecule has 0 aliphatic carbocycles. The van der Waals surface area contributed by atoms with Gasteiger partial charge in [-0.2, -0.15) is 0 Å². The smallest absolute Gasteiger partial charge is 0.253 e. The molecule has 1 rings (SSSR count). The van der Waals surface area contributed by atoms with Gasteiger partial charge in [0.05, 0.1) is 6.61 Å². The van der Waals surface area contributed by atoms with Crippen molar-refractivity contribution in [2.75, 3.05) is 13.7 Å². The summed E-state index contributed by atoms with van der Waals surface area (Å²) in [5.74, 6) is 5.79. The van der Waals surface area contributed by atoms with E-state index in [9.17, 15) is 4.79 Å². The van der Waals surface area contributed by atoms with E-state index in [4.69, 9.17) is 5.11 Å². The number of amides is 1. The third kappa shape index (κ3) is 3.90. The maximum Gasteiger partial charge on any atom is 0.253 e. The van der Waals surface area contributed by atoms with Gasteiger partial charge in [-0.25, -0.2) is 0 Å². The number of rotatable bonds is 3. The normalized spacial score (nSPS) is 9.83. The first-order chi connectivity index (χ1) is 8.56. The Bertz CT molecular complexity index is 452. The number of aliphatic hydroxyl groups excluding tert-OH is 1. The summed E-state index contributed by atoms with van der Waals surface area (Å²) in [6, 6.07) is 7.40. The van der Waals surface area contributed by atoms with E-state index >= 15 is 0 Å². The summed E-state index contributed by atoms with van der Waals surface area (Å²) >= 11 is 0. The molecule has 0 saturated carbocycles. The lowest BCUT2D eigenvalue weighted by Gasteiger charge is -2.21. The molecule has 0 spiro atoms. The zero-order valence-corrected chi connectivity index (χ0v) is 11.1. The monoisotopic (exact) mass is 245 g/mol. The number of nitrogens with zero attached hydrogens (tertiary/aromatic N) is 1. The van der Waals surface area contributed by atoms with Crippen LogP contribution in [0.4, 0.5) is 0 Å². The van der Waals surface area contributed by atoms with Crippen LogP contribution in [0.15, 0.2) is 24.3 Å². The Kier molecular flexibility index (Phi) is 5.41. The summed E-state index contributed by atoms with van der Waals surface area (Å²) in [5.41, 5.74) is 1.52. The van der Waals surface area contributed by atoms with Crippen molar-refractivity contribution < 1.29 is 9.90 Å². The molecule has 0 unspecified atom stereocenters. The Hall–Kier alpha value is -1.79. The molecule has 0 saturated heterocycles. The Labute approximate surface area is 108 Å². The molecule has 0 heterocycles. The van der Waals surface area contributed by atoms with Crippen molar-refractivity contribution in [2.24, 2.45) is 0 Å². The molecule has 0 fully saturated rings. The average molecular weight is 245 g/mol. The van der Waals surface area contributed by atoms with Gasteiger partial charge in [0.25, 0.3) is 5.91 Å². The first-order valence-corrected chi connectivity index (χ1v) is 6.03. The van der Waals surface area contributed by atoms with Crippen molar-refractivity contribution in [3.05, 3.63) is 35.4 Å². The summed E-state index contributed by atoms with van der Waals surface area (Å²) in [5, 5.41) is 8.62. The van der Waals surface area contributed by atoms with Gasteiger partial charge in [-0.15, -0.1) is 0 Å². The van der Waals surface area contributed by atoms with Crippen LogP contribution in [0, 0.1) is 11.8 Å². The van der Waals surface area contributed by atoms with Gasteiger partial charge in [0.2, 0.25) is 0 Å². The van der Waals surface area contributed by atoms with E-state index in [1.165, 1.54) is 0 Å². The molecule has 18 heavy (non-hydrogen) atoms. The van der Waals surface area contributed by atoms with Gasteiger partial charge >= 0.3 is 0 Å². The van der Waals surface area contributed by atoms with Crippen molar-refractivity contribution in [1.29, 1.82) is 0 Å². The number of carbonyl (C=O) groups excluding carboxylic acids is 1. The lowest BCUT2D eigenvalue weighted by molar-refractivity contribution is 0.0755. The predicted molar refractivity (Wildman–Crippen MR) is 72.3 cm³/mol. The number of carbonyl (C=O) groups is 1. The zero-order valence-electron chi connectivity index (χ0n) is 11.1. The summed E-state index contributed by atoms with van der Waals surface area (Å²) in [6.07, 6.45) is 0.469. The third-order valence-corrected chi connectivity index (χ3v) is 2.70. The zero-order chi connectivity index (χ0) is 13.5. The maximum absolute atomic E-state index is 12.0. The van der Waals surface area contributed by atoms with Crippen LogP contribution in [0.2, 0.25) is 0 Å². The van der Waals surface area contributed by atoms with Gasteiger partial charge < -0.3 is 10.0 Å². The second kappa shape index (κ2) is 6.83. The topological polar surface area (TPSA) is 40.5 Å². The summed E-state index contributed by atoms with van der Waals surface area (Å²) in [4.78, 5) is 13.7. The molecule has 0 aliphatic heterocycles. The largest absolute Gasteiger partial charge is 0.395 e. The van der Waals surface area contributed by atoms with Gasteiger partial charge in [-0.3, -0.25) is 4.79 Å². The van der Waals surface area contributed by atoms with Crippen LogP contribution < -0.4 is 0 Å². The fourth-order valence-corrected chi connectivity index (χ4v) is 1.35. The van der Waals surface area contributed by atoms with Crippen molar-refractivity contribution in [1.82, 2.24) is 4.90 Å². The number of hydrogen-bond donors (Lipinski definition) is 1. The lowest BCUT2D eigenvalue weighted by Crippen LogP contribution is -2.32. The van der Waals surface area contributed by atoms with Crippen LogP contribution >= 0.6 is 0 Å². The third-order valence-electron chi connectivity index (χ3n) is 2.70. The molecule has 0 aliphatic rings. The second-order valence-electron chi connectivity index (χ2n) is 4.36. The van der Waals surface area contributed by atoms with E-state index in [-0.39, 0.29) is 18.6 Å². The van der Waals surface area contributed by atoms with Crippen LogP contribution in [-0.4, -0.2) is 35.6 Å². The molecule has 96 valence electrons. The van der Waals surface area contributed by atoms with E-state index in [0.717, 1.165) is 5.56 Å². The fourth-order valence-electron chi connectivity index (χ4n) is 1.35. The highest BCUT2D eigenvalue weighted by Gasteiger charge is 2.13. The summed E-state index contributed by atoms with van der Waals surface area (Å²) in [7, 11) is 1.79. The minimum Gasteiger partial charge on any atom is -0.395 e. The molecule has 1 aromatic rings. The number of aliphatic hydroxyl groups is 1. The molecule has 0 atom stereocenters. The molecule has 0 aromatic heterocycles. The SMILES string of the molecule is CC(C)N(C)C(=O)c1ccc(C#CCCO)cc1. The van der Waals surface area contributed by atoms with Crippen molar-refractivity contribution in [3.63, 3.8) is 0 Å². The van der Waals surface area contributed by atoms with Crippen LogP contribution in [0.1, 0.15) is 36.2 Å². The van der Waals surface area contributed by atoms with Gasteiger partial charge in [-0.05, 0) is 38.1 Å². The van der Waals surface area contributed by atoms with E-state index < -0.39 is 0 Å². The Morgan fingerprint density at radius 1 is 1.33 bits per heavy atom. The molecule has 3 heteroatoms. The number of hydrogen-bond acceptors (Lipinski definition) is 2. The molecule has 0 radical (unpaired) electrons. The molecular weight excluding hydrogens is 226 g/mol. The highest BCUT2D eigenvalue weighted by Crippen LogP contribution is 2.08. The van der Waals surface area contributed by atoms with Gasteiger partial charge in [0.1, 0.15) is 0 Å². The Balaban J connectivity index is 2.78. The van der Waals surface area contributed by atoms with E-state index in [2.05, 4.69) is 11.8 Å². The quantitative estimate of drug-likeness (QED) is 0.826. The van der Waals surface area contributed by atoms with Gasteiger partial charge in [-0.1, -0.05) is 11.8 Å². The molecule has 0 bridgehead atoms. The van der Waals surface area contributed by atoms with Crippen molar-refractivity contribution >= 4 is 5.91 Å². The summed E-state index contributed by atoms with van der Waals surface area (Å²) in [6.45, 7) is 4.03. The minimum absolute atomic E-state index is 0.0138. The Morgan fingerprint density at radius 3 is 2.44 bits per heavy atom. The minimum atomic E-state index is 0.0138. The Morgan fingerprint density at radius 2 is 1.94 bits per heavy atom. The molecular formula is C15H19NO2. The van der Waals surface area contributed by atoms with Crippen LogP contribution in [0.25, 0.3) is 0 Å². The van der Waals surface area contributed by atoms with E-state index in [0.29, 0.717) is 12.0 Å². The maximum atomic E-state index is 12.0. The fraction of sp³-hybridized carbons (Fsp3) is 0.400. The standard InChI is InChI=1S/C15H19NO2/c1-12(2)16(3)15(18)14-9-7-13(8-10-14)6-4-5-11-17/h7-10,12,17H,5,11H2,1-3H3. The summed E-state index contributed by atoms with van der Waals surface area (Å²) < 4.78 is 0. The van der Waals surface area contributed by atoms with Gasteiger partial charge in [0, 0.05) is 30.6 Å². The van der Waals surface area contributed by atoms with Crippen molar-refractivity contribution in [3.8, 4) is 11.8 Å². The molecule has 1 amide bonds. The predicted octanol–water partition coefficient (Wildman–Crippen LogP) is 1.90. The second-order valence-corrected chi connectivity index (χ2v) is 4.36. The van der Waals surface area contributed by atoms with Gasteiger partial charge in [0.15, 0.2) is 0 Å². The first kappa shape index (κ1) is 14.3.